The van der Waals surface area contributed by atoms with E-state index >= 15 is 0 Å². The van der Waals surface area contributed by atoms with Crippen molar-refractivity contribution in [2.75, 3.05) is 0 Å². The largest absolute Gasteiger partial charge is 0.465 e. The molecule has 4 heteroatoms. The fourth-order valence-electron chi connectivity index (χ4n) is 1.00. The first-order valence-corrected chi connectivity index (χ1v) is 4.70. The fraction of sp³-hybridized carbons (Fsp3) is 0.273. The van der Waals surface area contributed by atoms with Crippen LogP contribution in [0.3, 0.4) is 0 Å². The van der Waals surface area contributed by atoms with Crippen molar-refractivity contribution < 1.29 is 9.53 Å². The van der Waals surface area contributed by atoms with Gasteiger partial charge in [-0.05, 0) is 26.0 Å². The normalized spacial score (nSPS) is 9.53. The molecule has 0 saturated carbocycles. The summed E-state index contributed by atoms with van der Waals surface area (Å²) in [6, 6.07) is 3.96. The average molecular weight is 206 g/mol. The lowest BCUT2D eigenvalue weighted by molar-refractivity contribution is -0.131. The number of pyridine rings is 1. The number of hydrogen-bond acceptors (Lipinski definition) is 3. The number of nitrogens with zero attached hydrogens (tertiary/aromatic N) is 1. The molecule has 0 fully saturated rings. The second kappa shape index (κ2) is 5.80. The molecule has 0 saturated heterocycles. The molecule has 1 N–H and O–H groups in total. The number of nitrogens with one attached hydrogen (secondary N) is 1. The Labute approximate surface area is 88.3 Å². The summed E-state index contributed by atoms with van der Waals surface area (Å²) in [5.41, 5.74) is 1.14. The van der Waals surface area contributed by atoms with Gasteiger partial charge in [-0.15, -0.1) is 0 Å². The number of carbonyl (C=O) groups is 1. The van der Waals surface area contributed by atoms with Gasteiger partial charge in [0, 0.05) is 29.5 Å². The van der Waals surface area contributed by atoms with Gasteiger partial charge in [-0.3, -0.25) is 9.78 Å². The van der Waals surface area contributed by atoms with Gasteiger partial charge >= 0.3 is 0 Å². The van der Waals surface area contributed by atoms with E-state index in [0.29, 0.717) is 6.47 Å². The molecule has 0 radical (unpaired) electrons. The van der Waals surface area contributed by atoms with Crippen molar-refractivity contribution in [1.82, 2.24) is 9.97 Å². The summed E-state index contributed by atoms with van der Waals surface area (Å²) in [7, 11) is 0. The Morgan fingerprint density at radius 2 is 2.27 bits per heavy atom. The summed E-state index contributed by atoms with van der Waals surface area (Å²) in [5, 5.41) is 1.16. The predicted octanol–water partition coefficient (Wildman–Crippen LogP) is 2.13. The summed E-state index contributed by atoms with van der Waals surface area (Å²) < 4.78 is 4.36. The topological polar surface area (TPSA) is 55.0 Å². The van der Waals surface area contributed by atoms with E-state index in [2.05, 4.69) is 14.7 Å². The second-order valence-electron chi connectivity index (χ2n) is 3.22. The van der Waals surface area contributed by atoms with E-state index in [1.54, 1.807) is 20.0 Å². The molecule has 0 aromatic carbocycles. The van der Waals surface area contributed by atoms with Gasteiger partial charge in [0.15, 0.2) is 0 Å². The van der Waals surface area contributed by atoms with Gasteiger partial charge in [-0.2, -0.15) is 0 Å². The number of aromatic nitrogens is 2. The van der Waals surface area contributed by atoms with Crippen molar-refractivity contribution in [2.24, 2.45) is 0 Å². The summed E-state index contributed by atoms with van der Waals surface area (Å²) in [5.74, 6) is 0. The third kappa shape index (κ3) is 3.81. The van der Waals surface area contributed by atoms with Gasteiger partial charge in [-0.1, -0.05) is 0 Å². The first-order chi connectivity index (χ1) is 7.24. The Balaban J connectivity index is 0.000000167. The number of fused-ring (bicyclic) bond motifs is 1. The molecule has 0 amide bonds. The molecule has 0 aliphatic carbocycles. The van der Waals surface area contributed by atoms with Gasteiger partial charge in [0.2, 0.25) is 0 Å². The van der Waals surface area contributed by atoms with E-state index in [1.165, 1.54) is 0 Å². The Hall–Kier alpha value is -1.84. The Morgan fingerprint density at radius 3 is 2.80 bits per heavy atom. The fourth-order valence-corrected chi connectivity index (χ4v) is 1.00. The van der Waals surface area contributed by atoms with Crippen LogP contribution in [0.25, 0.3) is 10.9 Å². The highest BCUT2D eigenvalue weighted by atomic mass is 16.5. The van der Waals surface area contributed by atoms with E-state index in [1.807, 2.05) is 24.5 Å². The van der Waals surface area contributed by atoms with Crippen LogP contribution in [0.2, 0.25) is 0 Å². The summed E-state index contributed by atoms with van der Waals surface area (Å²) in [4.78, 5) is 16.4. The third-order valence-electron chi connectivity index (χ3n) is 1.68. The molecule has 0 atom stereocenters. The van der Waals surface area contributed by atoms with Crippen LogP contribution in [-0.4, -0.2) is 22.5 Å². The van der Waals surface area contributed by atoms with Crippen molar-refractivity contribution in [3.63, 3.8) is 0 Å². The van der Waals surface area contributed by atoms with Crippen LogP contribution in [0.1, 0.15) is 13.8 Å². The van der Waals surface area contributed by atoms with Crippen LogP contribution in [0, 0.1) is 0 Å². The Morgan fingerprint density at radius 1 is 1.47 bits per heavy atom. The first kappa shape index (κ1) is 11.2. The summed E-state index contributed by atoms with van der Waals surface area (Å²) in [6.07, 6.45) is 5.55. The molecule has 2 aromatic heterocycles. The van der Waals surface area contributed by atoms with E-state index in [4.69, 9.17) is 0 Å². The van der Waals surface area contributed by atoms with Crippen molar-refractivity contribution >= 4 is 17.4 Å². The van der Waals surface area contributed by atoms with Gasteiger partial charge in [-0.25, -0.2) is 0 Å². The number of ether oxygens (including phenoxy) is 1. The average Bonchev–Trinajstić information content (AvgIpc) is 2.65. The minimum Gasteiger partial charge on any atom is -0.465 e. The lowest BCUT2D eigenvalue weighted by Gasteiger charge is -1.96. The van der Waals surface area contributed by atoms with E-state index in [9.17, 15) is 4.79 Å². The molecule has 2 rings (SSSR count). The molecule has 0 aliphatic rings. The highest BCUT2D eigenvalue weighted by Gasteiger charge is 1.87. The van der Waals surface area contributed by atoms with Crippen LogP contribution >= 0.6 is 0 Å². The van der Waals surface area contributed by atoms with Crippen LogP contribution in [0.4, 0.5) is 0 Å². The van der Waals surface area contributed by atoms with E-state index in [-0.39, 0.29) is 6.10 Å². The molecule has 0 aliphatic heterocycles. The molecule has 2 aromatic rings. The van der Waals surface area contributed by atoms with Gasteiger partial charge in [0.25, 0.3) is 6.47 Å². The van der Waals surface area contributed by atoms with E-state index in [0.717, 1.165) is 10.9 Å². The van der Waals surface area contributed by atoms with Crippen molar-refractivity contribution in [2.45, 2.75) is 20.0 Å². The zero-order valence-corrected chi connectivity index (χ0v) is 8.81. The molecule has 0 unspecified atom stereocenters. The maximum Gasteiger partial charge on any atom is 0.293 e. The lowest BCUT2D eigenvalue weighted by Crippen LogP contribution is -1.98. The lowest BCUT2D eigenvalue weighted by atomic mass is 10.3. The van der Waals surface area contributed by atoms with Crippen molar-refractivity contribution in [3.8, 4) is 0 Å². The standard InChI is InChI=1S/C7H6N2.C4H8O2/c1-4-9-7-2-3-8-5-6(1)7;1-4(2)6-3-5/h1-5,9H;3-4H,1-2H3. The molecule has 0 spiro atoms. The van der Waals surface area contributed by atoms with E-state index < -0.39 is 0 Å². The van der Waals surface area contributed by atoms with Crippen LogP contribution in [-0.2, 0) is 9.53 Å². The number of aromatic amines is 1. The quantitative estimate of drug-likeness (QED) is 0.766. The SMILES string of the molecule is CC(C)OC=O.c1cc2[nH]ccc2cn1. The molecular formula is C11H14N2O2. The van der Waals surface area contributed by atoms with Crippen LogP contribution < -0.4 is 0 Å². The van der Waals surface area contributed by atoms with Gasteiger partial charge in [0.1, 0.15) is 0 Å². The van der Waals surface area contributed by atoms with Gasteiger partial charge < -0.3 is 9.72 Å². The zero-order chi connectivity index (χ0) is 11.1. The molecule has 80 valence electrons. The Bertz CT molecular complexity index is 379. The maximum absolute atomic E-state index is 9.39. The Kier molecular flexibility index (Phi) is 4.34. The number of H-pyrrole nitrogens is 1. The minimum atomic E-state index is 0.0301. The number of carbonyl (C=O) groups excluding carboxylic acids is 1. The number of rotatable bonds is 2. The molecular weight excluding hydrogens is 192 g/mol. The highest BCUT2D eigenvalue weighted by molar-refractivity contribution is 5.77. The molecule has 4 nitrogen and oxygen atoms in total. The minimum absolute atomic E-state index is 0.0301. The van der Waals surface area contributed by atoms with Crippen LogP contribution in [0.15, 0.2) is 30.7 Å². The maximum atomic E-state index is 9.39. The third-order valence-corrected chi connectivity index (χ3v) is 1.68. The first-order valence-electron chi connectivity index (χ1n) is 4.70. The zero-order valence-electron chi connectivity index (χ0n) is 8.81. The van der Waals surface area contributed by atoms with Crippen molar-refractivity contribution in [1.29, 1.82) is 0 Å². The predicted molar refractivity (Wildman–Crippen MR) is 58.4 cm³/mol. The molecule has 2 heterocycles. The highest BCUT2D eigenvalue weighted by Crippen LogP contribution is 2.07. The number of hydrogen-bond donors (Lipinski definition) is 1. The van der Waals surface area contributed by atoms with Crippen molar-refractivity contribution in [3.05, 3.63) is 30.7 Å². The van der Waals surface area contributed by atoms with Gasteiger partial charge in [0.05, 0.1) is 6.10 Å². The van der Waals surface area contributed by atoms with Crippen LogP contribution in [0.5, 0.6) is 0 Å². The molecule has 0 bridgehead atoms. The smallest absolute Gasteiger partial charge is 0.293 e. The monoisotopic (exact) mass is 206 g/mol. The summed E-state index contributed by atoms with van der Waals surface area (Å²) >= 11 is 0. The molecule has 15 heavy (non-hydrogen) atoms. The second-order valence-corrected chi connectivity index (χ2v) is 3.22. The summed E-state index contributed by atoms with van der Waals surface area (Å²) in [6.45, 7) is 4.05.